The third-order valence-electron chi connectivity index (χ3n) is 2.13. The average Bonchev–Trinajstić information content (AvgIpc) is 2.40. The summed E-state index contributed by atoms with van der Waals surface area (Å²) in [6.07, 6.45) is 0. The molecule has 0 aliphatic carbocycles. The van der Waals surface area contributed by atoms with Gasteiger partial charge in [-0.3, -0.25) is 0 Å². The highest BCUT2D eigenvalue weighted by atomic mass is 31.2. The van der Waals surface area contributed by atoms with Crippen molar-refractivity contribution in [1.82, 2.24) is 0 Å². The molecule has 5 heteroatoms. The van der Waals surface area contributed by atoms with Crippen LogP contribution in [-0.2, 0) is 4.57 Å². The molecule has 4 nitrogen and oxygen atoms in total. The summed E-state index contributed by atoms with van der Waals surface area (Å²) in [6, 6.07) is 22.5. The Morgan fingerprint density at radius 1 is 0.750 bits per heavy atom. The summed E-state index contributed by atoms with van der Waals surface area (Å²) in [4.78, 5) is 21.6. The maximum Gasteiger partial charge on any atom is 0.466 e. The first-order valence-electron chi connectivity index (χ1n) is 6.14. The fraction of sp³-hybridized carbons (Fsp3) is 0.200. The maximum absolute atomic E-state index is 8.88. The van der Waals surface area contributed by atoms with E-state index in [1.165, 1.54) is 5.56 Å². The zero-order valence-corrected chi connectivity index (χ0v) is 12.5. The lowest BCUT2D eigenvalue weighted by molar-refractivity contribution is 0.275. The first-order chi connectivity index (χ1) is 9.30. The minimum absolute atomic E-state index is 0.659. The van der Waals surface area contributed by atoms with E-state index < -0.39 is 7.82 Å². The summed E-state index contributed by atoms with van der Waals surface area (Å²) >= 11 is 0. The van der Waals surface area contributed by atoms with Crippen LogP contribution in [-0.4, -0.2) is 14.7 Å². The van der Waals surface area contributed by atoms with Crippen molar-refractivity contribution in [3.63, 3.8) is 0 Å². The summed E-state index contributed by atoms with van der Waals surface area (Å²) < 4.78 is 8.88. The SMILES string of the molecule is CC(C)c1ccccc1.O=P(O)(O)O.c1ccccc1. The second-order valence-corrected chi connectivity index (χ2v) is 5.26. The van der Waals surface area contributed by atoms with E-state index in [1.54, 1.807) is 0 Å². The third kappa shape index (κ3) is 14.6. The normalized spacial score (nSPS) is 9.90. The zero-order chi connectivity index (χ0) is 15.4. The summed E-state index contributed by atoms with van der Waals surface area (Å²) in [6.45, 7) is 4.41. The van der Waals surface area contributed by atoms with E-state index in [-0.39, 0.29) is 0 Å². The molecule has 20 heavy (non-hydrogen) atoms. The summed E-state index contributed by atoms with van der Waals surface area (Å²) in [5.74, 6) is 0.659. The van der Waals surface area contributed by atoms with Gasteiger partial charge in [-0.1, -0.05) is 80.6 Å². The van der Waals surface area contributed by atoms with Crippen LogP contribution in [0.1, 0.15) is 25.3 Å². The molecular weight excluding hydrogens is 275 g/mol. The second-order valence-electron chi connectivity index (χ2n) is 4.23. The van der Waals surface area contributed by atoms with E-state index in [4.69, 9.17) is 19.2 Å². The molecule has 0 aliphatic rings. The van der Waals surface area contributed by atoms with E-state index in [2.05, 4.69) is 38.1 Å². The molecule has 2 aromatic rings. The molecule has 0 radical (unpaired) electrons. The molecule has 0 saturated carbocycles. The molecule has 0 atom stereocenters. The van der Waals surface area contributed by atoms with Crippen molar-refractivity contribution in [3.05, 3.63) is 72.3 Å². The van der Waals surface area contributed by atoms with Gasteiger partial charge in [0.05, 0.1) is 0 Å². The van der Waals surface area contributed by atoms with Gasteiger partial charge < -0.3 is 14.7 Å². The molecule has 0 aromatic heterocycles. The van der Waals surface area contributed by atoms with Crippen molar-refractivity contribution < 1.29 is 19.2 Å². The lowest BCUT2D eigenvalue weighted by atomic mass is 10.0. The molecule has 0 aliphatic heterocycles. The first kappa shape index (κ1) is 18.6. The van der Waals surface area contributed by atoms with Crippen molar-refractivity contribution in [2.45, 2.75) is 19.8 Å². The molecule has 110 valence electrons. The molecule has 0 saturated heterocycles. The Balaban J connectivity index is 0.000000288. The van der Waals surface area contributed by atoms with Crippen LogP contribution in [0.5, 0.6) is 0 Å². The highest BCUT2D eigenvalue weighted by Crippen LogP contribution is 2.25. The van der Waals surface area contributed by atoms with Crippen LogP contribution in [0.25, 0.3) is 0 Å². The van der Waals surface area contributed by atoms with Gasteiger partial charge in [-0.2, -0.15) is 0 Å². The maximum atomic E-state index is 8.88. The van der Waals surface area contributed by atoms with Gasteiger partial charge in [0.15, 0.2) is 0 Å². The molecular formula is C15H21O4P. The minimum atomic E-state index is -4.64. The van der Waals surface area contributed by atoms with Gasteiger partial charge in [0.1, 0.15) is 0 Å². The third-order valence-corrected chi connectivity index (χ3v) is 2.13. The Morgan fingerprint density at radius 2 is 1.00 bits per heavy atom. The van der Waals surface area contributed by atoms with Gasteiger partial charge in [-0.25, -0.2) is 4.57 Å². The topological polar surface area (TPSA) is 77.8 Å². The number of phosphoric acid groups is 1. The Bertz CT molecular complexity index is 445. The second kappa shape index (κ2) is 10.4. The Morgan fingerprint density at radius 3 is 1.20 bits per heavy atom. The summed E-state index contributed by atoms with van der Waals surface area (Å²) in [5, 5.41) is 0. The van der Waals surface area contributed by atoms with E-state index in [9.17, 15) is 0 Å². The summed E-state index contributed by atoms with van der Waals surface area (Å²) in [5.41, 5.74) is 1.41. The highest BCUT2D eigenvalue weighted by Gasteiger charge is 2.00. The number of hydrogen-bond acceptors (Lipinski definition) is 1. The Hall–Kier alpha value is -1.45. The Kier molecular flexibility index (Phi) is 9.60. The minimum Gasteiger partial charge on any atom is -0.303 e. The monoisotopic (exact) mass is 296 g/mol. The van der Waals surface area contributed by atoms with Crippen LogP contribution in [0.15, 0.2) is 66.7 Å². The van der Waals surface area contributed by atoms with Crippen molar-refractivity contribution in [1.29, 1.82) is 0 Å². The number of benzene rings is 2. The van der Waals surface area contributed by atoms with Crippen LogP contribution in [0.2, 0.25) is 0 Å². The van der Waals surface area contributed by atoms with E-state index in [0.29, 0.717) is 5.92 Å². The first-order valence-corrected chi connectivity index (χ1v) is 7.70. The molecule has 0 fully saturated rings. The van der Waals surface area contributed by atoms with Gasteiger partial charge in [0, 0.05) is 0 Å². The predicted molar refractivity (Wildman–Crippen MR) is 81.2 cm³/mol. The molecule has 3 N–H and O–H groups in total. The molecule has 2 rings (SSSR count). The van der Waals surface area contributed by atoms with Gasteiger partial charge in [-0.05, 0) is 11.5 Å². The lowest BCUT2D eigenvalue weighted by Gasteiger charge is -2.01. The van der Waals surface area contributed by atoms with E-state index >= 15 is 0 Å². The fourth-order valence-corrected chi connectivity index (χ4v) is 1.22. The highest BCUT2D eigenvalue weighted by molar-refractivity contribution is 7.45. The van der Waals surface area contributed by atoms with Gasteiger partial charge in [0.2, 0.25) is 0 Å². The molecule has 0 heterocycles. The van der Waals surface area contributed by atoms with Crippen LogP contribution in [0.3, 0.4) is 0 Å². The zero-order valence-electron chi connectivity index (χ0n) is 11.6. The summed E-state index contributed by atoms with van der Waals surface area (Å²) in [7, 11) is -4.64. The van der Waals surface area contributed by atoms with Crippen LogP contribution in [0.4, 0.5) is 0 Å². The Labute approximate surface area is 120 Å². The smallest absolute Gasteiger partial charge is 0.303 e. The van der Waals surface area contributed by atoms with Crippen molar-refractivity contribution in [2.75, 3.05) is 0 Å². The predicted octanol–water partition coefficient (Wildman–Crippen LogP) is 3.57. The van der Waals surface area contributed by atoms with E-state index in [1.807, 2.05) is 42.5 Å². The molecule has 0 amide bonds. The number of hydrogen-bond donors (Lipinski definition) is 3. The van der Waals surface area contributed by atoms with Gasteiger partial charge >= 0.3 is 7.82 Å². The lowest BCUT2D eigenvalue weighted by Crippen LogP contribution is -1.83. The quantitative estimate of drug-likeness (QED) is 0.703. The van der Waals surface area contributed by atoms with Crippen molar-refractivity contribution >= 4 is 7.82 Å². The van der Waals surface area contributed by atoms with Crippen LogP contribution < -0.4 is 0 Å². The number of rotatable bonds is 1. The standard InChI is InChI=1S/C9H12.C6H6.H3O4P/c1-8(2)9-6-4-3-5-7-9;1-2-4-6-5-3-1;1-5(2,3)4/h3-8H,1-2H3;1-6H;(H3,1,2,3,4). The van der Waals surface area contributed by atoms with Crippen LogP contribution >= 0.6 is 7.82 Å². The average molecular weight is 296 g/mol. The van der Waals surface area contributed by atoms with Crippen molar-refractivity contribution in [3.8, 4) is 0 Å². The van der Waals surface area contributed by atoms with Gasteiger partial charge in [0.25, 0.3) is 0 Å². The van der Waals surface area contributed by atoms with Crippen LogP contribution in [0, 0.1) is 0 Å². The molecule has 2 aromatic carbocycles. The fourth-order valence-electron chi connectivity index (χ4n) is 1.22. The molecule has 0 unspecified atom stereocenters. The largest absolute Gasteiger partial charge is 0.466 e. The molecule has 0 spiro atoms. The molecule has 0 bridgehead atoms. The van der Waals surface area contributed by atoms with Crippen molar-refractivity contribution in [2.24, 2.45) is 0 Å². The van der Waals surface area contributed by atoms with E-state index in [0.717, 1.165) is 0 Å². The van der Waals surface area contributed by atoms with Gasteiger partial charge in [-0.15, -0.1) is 0 Å².